The molecular weight excluding hydrogens is 200 g/mol. The largest absolute Gasteiger partial charge is 0.387 e. The van der Waals surface area contributed by atoms with Crippen LogP contribution in [0.1, 0.15) is 0 Å². The Hall–Kier alpha value is -1.06. The van der Waals surface area contributed by atoms with Crippen LogP contribution in [-0.4, -0.2) is 62.4 Å². The van der Waals surface area contributed by atoms with Gasteiger partial charge in [-0.15, -0.1) is 0 Å². The van der Waals surface area contributed by atoms with E-state index in [4.69, 9.17) is 25.7 Å². The molecule has 0 saturated carbocycles. The minimum atomic E-state index is -2.26. The van der Waals surface area contributed by atoms with E-state index in [-0.39, 0.29) is 6.29 Å². The van der Waals surface area contributed by atoms with Crippen molar-refractivity contribution in [3.63, 3.8) is 0 Å². The number of aliphatic hydroxyl groups excluding tert-OH is 4. The summed E-state index contributed by atoms with van der Waals surface area (Å²) in [5.74, 6) is -1.62. The zero-order chi connectivity index (χ0) is 11.3. The van der Waals surface area contributed by atoms with Crippen LogP contribution < -0.4 is 0 Å². The predicted molar refractivity (Wildman–Crippen MR) is 38.8 cm³/mol. The van der Waals surface area contributed by atoms with Gasteiger partial charge in [0.2, 0.25) is 0 Å². The van der Waals surface area contributed by atoms with Gasteiger partial charge in [-0.25, -0.2) is 4.79 Å². The first-order valence-corrected chi connectivity index (χ1v) is 3.48. The van der Waals surface area contributed by atoms with Crippen molar-refractivity contribution in [2.75, 3.05) is 0 Å². The number of hydrogen-bond donors (Lipinski definition) is 5. The molecule has 0 heterocycles. The average Bonchev–Trinajstić information content (AvgIpc) is 2.23. The van der Waals surface area contributed by atoms with E-state index in [2.05, 4.69) is 4.89 Å². The first-order valence-electron chi connectivity index (χ1n) is 3.48. The van der Waals surface area contributed by atoms with Gasteiger partial charge in [-0.3, -0.25) is 4.89 Å². The number of carbonyl (C=O) groups is 2. The van der Waals surface area contributed by atoms with Crippen molar-refractivity contribution in [2.45, 2.75) is 24.4 Å². The zero-order valence-electron chi connectivity index (χ0n) is 6.85. The van der Waals surface area contributed by atoms with Crippen LogP contribution in [0, 0.1) is 0 Å². The molecule has 14 heavy (non-hydrogen) atoms. The highest BCUT2D eigenvalue weighted by Gasteiger charge is 2.35. The SMILES string of the molecule is O=C[C@H](O)[C@@H](O)[C@H](O)[C@H](O)C(=O)OO. The van der Waals surface area contributed by atoms with Crippen LogP contribution in [0.2, 0.25) is 0 Å². The Bertz CT molecular complexity index is 204. The normalized spacial score (nSPS) is 19.2. The zero-order valence-corrected chi connectivity index (χ0v) is 6.85. The van der Waals surface area contributed by atoms with Gasteiger partial charge >= 0.3 is 5.97 Å². The Balaban J connectivity index is 4.37. The van der Waals surface area contributed by atoms with Crippen LogP contribution >= 0.6 is 0 Å². The summed E-state index contributed by atoms with van der Waals surface area (Å²) in [6, 6.07) is 0. The molecule has 0 fully saturated rings. The highest BCUT2D eigenvalue weighted by molar-refractivity contribution is 5.74. The number of aliphatic hydroxyl groups is 4. The van der Waals surface area contributed by atoms with Crippen molar-refractivity contribution in [2.24, 2.45) is 0 Å². The van der Waals surface area contributed by atoms with Gasteiger partial charge in [-0.05, 0) is 0 Å². The molecule has 0 aromatic carbocycles. The summed E-state index contributed by atoms with van der Waals surface area (Å²) in [6.45, 7) is 0. The molecular formula is C6H10O8. The van der Waals surface area contributed by atoms with E-state index in [1.807, 2.05) is 0 Å². The fourth-order valence-corrected chi connectivity index (χ4v) is 0.663. The number of hydrogen-bond acceptors (Lipinski definition) is 8. The molecule has 0 aromatic rings. The Morgan fingerprint density at radius 3 is 2.00 bits per heavy atom. The maximum Gasteiger partial charge on any atom is 0.373 e. The minimum absolute atomic E-state index is 0.0924. The summed E-state index contributed by atoms with van der Waals surface area (Å²) >= 11 is 0. The maximum atomic E-state index is 10.4. The molecule has 5 N–H and O–H groups in total. The van der Waals surface area contributed by atoms with E-state index in [1.165, 1.54) is 0 Å². The lowest BCUT2D eigenvalue weighted by Crippen LogP contribution is -2.48. The van der Waals surface area contributed by atoms with Gasteiger partial charge in [0.1, 0.15) is 18.3 Å². The molecule has 0 bridgehead atoms. The lowest BCUT2D eigenvalue weighted by molar-refractivity contribution is -0.249. The van der Waals surface area contributed by atoms with E-state index in [0.717, 1.165) is 0 Å². The molecule has 4 atom stereocenters. The average molecular weight is 210 g/mol. The first kappa shape index (κ1) is 12.9. The molecule has 0 radical (unpaired) electrons. The van der Waals surface area contributed by atoms with E-state index < -0.39 is 30.4 Å². The van der Waals surface area contributed by atoms with E-state index in [9.17, 15) is 9.59 Å². The van der Waals surface area contributed by atoms with Crippen molar-refractivity contribution in [1.29, 1.82) is 0 Å². The second kappa shape index (κ2) is 5.62. The summed E-state index contributed by atoms with van der Waals surface area (Å²) in [4.78, 5) is 23.4. The van der Waals surface area contributed by atoms with Crippen LogP contribution in [0.25, 0.3) is 0 Å². The van der Waals surface area contributed by atoms with Gasteiger partial charge in [0.15, 0.2) is 12.4 Å². The number of aldehydes is 1. The van der Waals surface area contributed by atoms with Crippen LogP contribution in [-0.2, 0) is 14.5 Å². The molecule has 0 amide bonds. The number of carbonyl (C=O) groups excluding carboxylic acids is 2. The van der Waals surface area contributed by atoms with Crippen LogP contribution in [0.3, 0.4) is 0 Å². The molecule has 0 aliphatic carbocycles. The van der Waals surface area contributed by atoms with Gasteiger partial charge in [0.05, 0.1) is 0 Å². The third-order valence-corrected chi connectivity index (χ3v) is 1.49. The highest BCUT2D eigenvalue weighted by Crippen LogP contribution is 2.05. The molecule has 82 valence electrons. The van der Waals surface area contributed by atoms with Crippen molar-refractivity contribution < 1.29 is 40.2 Å². The minimum Gasteiger partial charge on any atom is -0.387 e. The lowest BCUT2D eigenvalue weighted by atomic mass is 10.0. The fourth-order valence-electron chi connectivity index (χ4n) is 0.663. The molecule has 0 aromatic heterocycles. The van der Waals surface area contributed by atoms with Gasteiger partial charge in [0.25, 0.3) is 0 Å². The third kappa shape index (κ3) is 3.01. The summed E-state index contributed by atoms with van der Waals surface area (Å²) in [7, 11) is 0. The van der Waals surface area contributed by atoms with E-state index >= 15 is 0 Å². The Kier molecular flexibility index (Phi) is 5.20. The fraction of sp³-hybridized carbons (Fsp3) is 0.667. The van der Waals surface area contributed by atoms with Gasteiger partial charge in [-0.1, -0.05) is 0 Å². The second-order valence-electron chi connectivity index (χ2n) is 2.46. The molecule has 8 heteroatoms. The summed E-state index contributed by atoms with van der Waals surface area (Å²) < 4.78 is 0. The molecule has 0 aliphatic rings. The summed E-state index contributed by atoms with van der Waals surface area (Å²) in [5.41, 5.74) is 0. The van der Waals surface area contributed by atoms with Crippen molar-refractivity contribution >= 4 is 12.3 Å². The van der Waals surface area contributed by atoms with Gasteiger partial charge in [0, 0.05) is 0 Å². The summed E-state index contributed by atoms with van der Waals surface area (Å²) in [6.07, 6.45) is -8.50. The summed E-state index contributed by atoms with van der Waals surface area (Å²) in [5, 5.41) is 43.2. The molecule has 8 nitrogen and oxygen atoms in total. The molecule has 0 unspecified atom stereocenters. The third-order valence-electron chi connectivity index (χ3n) is 1.49. The highest BCUT2D eigenvalue weighted by atomic mass is 17.1. The van der Waals surface area contributed by atoms with Crippen LogP contribution in [0.4, 0.5) is 0 Å². The smallest absolute Gasteiger partial charge is 0.373 e. The first-order chi connectivity index (χ1) is 6.45. The number of rotatable bonds is 5. The van der Waals surface area contributed by atoms with Crippen LogP contribution in [0.15, 0.2) is 0 Å². The van der Waals surface area contributed by atoms with Gasteiger partial charge in [-0.2, -0.15) is 5.26 Å². The quantitative estimate of drug-likeness (QED) is 0.180. The topological polar surface area (TPSA) is 145 Å². The Morgan fingerprint density at radius 2 is 1.64 bits per heavy atom. The van der Waals surface area contributed by atoms with Crippen molar-refractivity contribution in [3.05, 3.63) is 0 Å². The monoisotopic (exact) mass is 210 g/mol. The maximum absolute atomic E-state index is 10.4. The van der Waals surface area contributed by atoms with Crippen LogP contribution in [0.5, 0.6) is 0 Å². The lowest BCUT2D eigenvalue weighted by Gasteiger charge is -2.21. The van der Waals surface area contributed by atoms with Crippen molar-refractivity contribution in [3.8, 4) is 0 Å². The van der Waals surface area contributed by atoms with E-state index in [0.29, 0.717) is 0 Å². The van der Waals surface area contributed by atoms with Crippen molar-refractivity contribution in [1.82, 2.24) is 0 Å². The second-order valence-corrected chi connectivity index (χ2v) is 2.46. The Labute approximate surface area is 77.9 Å². The Morgan fingerprint density at radius 1 is 1.14 bits per heavy atom. The predicted octanol–water partition coefficient (Wildman–Crippen LogP) is -3.35. The molecule has 0 rings (SSSR count). The molecule has 0 spiro atoms. The standard InChI is InChI=1S/C6H10O8/c7-1-2(8)3(9)4(10)5(11)6(12)14-13/h1-5,8-11,13H/t2-,3+,4-,5-/m0/s1. The molecule has 0 saturated heterocycles. The van der Waals surface area contributed by atoms with Gasteiger partial charge < -0.3 is 25.2 Å². The molecule has 0 aliphatic heterocycles. The van der Waals surface area contributed by atoms with E-state index in [1.54, 1.807) is 0 Å².